The Morgan fingerprint density at radius 1 is 1.56 bits per heavy atom. The van der Waals surface area contributed by atoms with E-state index >= 15 is 0 Å². The van der Waals surface area contributed by atoms with Crippen LogP contribution < -0.4 is 5.32 Å². The lowest BCUT2D eigenvalue weighted by Gasteiger charge is -2.42. The van der Waals surface area contributed by atoms with Crippen LogP contribution in [-0.2, 0) is 11.3 Å². The lowest BCUT2D eigenvalue weighted by Crippen LogP contribution is -2.42. The van der Waals surface area contributed by atoms with E-state index in [0.29, 0.717) is 6.04 Å². The van der Waals surface area contributed by atoms with Crippen molar-refractivity contribution in [2.75, 3.05) is 14.2 Å². The standard InChI is InChI=1S/C14H25N3O/c1-4-10-17-13(6-9-16-17)12(15-2)11-14(18-3)7-5-8-14/h6,9,12,15H,4-5,7-8,10-11H2,1-3H3. The van der Waals surface area contributed by atoms with E-state index in [-0.39, 0.29) is 5.60 Å². The van der Waals surface area contributed by atoms with Crippen LogP contribution in [0.2, 0.25) is 0 Å². The van der Waals surface area contributed by atoms with Gasteiger partial charge in [0.25, 0.3) is 0 Å². The Kier molecular flexibility index (Phi) is 4.40. The first-order valence-corrected chi connectivity index (χ1v) is 6.99. The number of methoxy groups -OCH3 is 1. The largest absolute Gasteiger partial charge is 0.378 e. The predicted molar refractivity (Wildman–Crippen MR) is 72.5 cm³/mol. The minimum atomic E-state index is 0.0923. The summed E-state index contributed by atoms with van der Waals surface area (Å²) >= 11 is 0. The third-order valence-electron chi connectivity index (χ3n) is 4.16. The van der Waals surface area contributed by atoms with Gasteiger partial charge in [-0.15, -0.1) is 0 Å². The monoisotopic (exact) mass is 251 g/mol. The van der Waals surface area contributed by atoms with E-state index in [1.54, 1.807) is 0 Å². The fourth-order valence-corrected chi connectivity index (χ4v) is 2.83. The fourth-order valence-electron chi connectivity index (χ4n) is 2.83. The van der Waals surface area contributed by atoms with Crippen molar-refractivity contribution in [3.05, 3.63) is 18.0 Å². The highest BCUT2D eigenvalue weighted by atomic mass is 16.5. The van der Waals surface area contributed by atoms with E-state index in [9.17, 15) is 0 Å². The first-order valence-electron chi connectivity index (χ1n) is 6.99. The summed E-state index contributed by atoms with van der Waals surface area (Å²) in [6.07, 6.45) is 7.71. The Morgan fingerprint density at radius 2 is 2.33 bits per heavy atom. The average Bonchev–Trinajstić information content (AvgIpc) is 2.78. The Morgan fingerprint density at radius 3 is 2.83 bits per heavy atom. The Bertz CT molecular complexity index is 365. The first-order chi connectivity index (χ1) is 8.74. The molecule has 0 bridgehead atoms. The number of nitrogens with one attached hydrogen (secondary N) is 1. The van der Waals surface area contributed by atoms with Gasteiger partial charge in [0.15, 0.2) is 0 Å². The zero-order chi connectivity index (χ0) is 13.0. The van der Waals surface area contributed by atoms with Gasteiger partial charge in [-0.3, -0.25) is 4.68 Å². The first kappa shape index (κ1) is 13.6. The molecule has 0 spiro atoms. The van der Waals surface area contributed by atoms with Gasteiger partial charge in [-0.2, -0.15) is 5.10 Å². The molecule has 0 amide bonds. The molecule has 18 heavy (non-hydrogen) atoms. The molecular weight excluding hydrogens is 226 g/mol. The molecule has 1 saturated carbocycles. The van der Waals surface area contributed by atoms with Crippen molar-refractivity contribution in [2.24, 2.45) is 0 Å². The maximum Gasteiger partial charge on any atom is 0.0697 e. The second-order valence-electron chi connectivity index (χ2n) is 5.27. The molecule has 0 radical (unpaired) electrons. The molecule has 1 heterocycles. The summed E-state index contributed by atoms with van der Waals surface area (Å²) in [6.45, 7) is 3.17. The van der Waals surface area contributed by atoms with Crippen LogP contribution in [0.1, 0.15) is 50.8 Å². The number of ether oxygens (including phenoxy) is 1. The summed E-state index contributed by atoms with van der Waals surface area (Å²) in [5, 5.41) is 7.83. The molecule has 4 nitrogen and oxygen atoms in total. The molecule has 1 aliphatic carbocycles. The Balaban J connectivity index is 2.10. The van der Waals surface area contributed by atoms with Crippen LogP contribution in [-0.4, -0.2) is 29.5 Å². The van der Waals surface area contributed by atoms with Crippen LogP contribution >= 0.6 is 0 Å². The SMILES string of the molecule is CCCn1nccc1C(CC1(OC)CCC1)NC. The van der Waals surface area contributed by atoms with Crippen LogP contribution in [0.3, 0.4) is 0 Å². The van der Waals surface area contributed by atoms with Crippen molar-refractivity contribution in [3.63, 3.8) is 0 Å². The van der Waals surface area contributed by atoms with E-state index in [2.05, 4.69) is 28.1 Å². The van der Waals surface area contributed by atoms with Crippen LogP contribution in [0, 0.1) is 0 Å². The Labute approximate surface area is 110 Å². The van der Waals surface area contributed by atoms with Gasteiger partial charge in [-0.05, 0) is 45.2 Å². The summed E-state index contributed by atoms with van der Waals surface area (Å²) in [5.74, 6) is 0. The zero-order valence-electron chi connectivity index (χ0n) is 11.8. The number of rotatable bonds is 7. The summed E-state index contributed by atoms with van der Waals surface area (Å²) in [5.41, 5.74) is 1.37. The molecule has 1 aromatic heterocycles. The van der Waals surface area contributed by atoms with Crippen LogP contribution in [0.15, 0.2) is 12.3 Å². The van der Waals surface area contributed by atoms with Crippen molar-refractivity contribution in [3.8, 4) is 0 Å². The van der Waals surface area contributed by atoms with Crippen LogP contribution in [0.25, 0.3) is 0 Å². The molecule has 1 unspecified atom stereocenters. The number of hydrogen-bond donors (Lipinski definition) is 1. The molecular formula is C14H25N3O. The topological polar surface area (TPSA) is 39.1 Å². The quantitative estimate of drug-likeness (QED) is 0.809. The molecule has 1 atom stereocenters. The van der Waals surface area contributed by atoms with Gasteiger partial charge in [0.2, 0.25) is 0 Å². The van der Waals surface area contributed by atoms with E-state index in [0.717, 1.165) is 19.4 Å². The second kappa shape index (κ2) is 5.85. The molecule has 0 aromatic carbocycles. The van der Waals surface area contributed by atoms with Crippen molar-refractivity contribution in [1.29, 1.82) is 0 Å². The van der Waals surface area contributed by atoms with Crippen molar-refractivity contribution >= 4 is 0 Å². The molecule has 0 saturated heterocycles. The van der Waals surface area contributed by atoms with Gasteiger partial charge in [-0.25, -0.2) is 0 Å². The highest BCUT2D eigenvalue weighted by Crippen LogP contribution is 2.41. The summed E-state index contributed by atoms with van der Waals surface area (Å²) < 4.78 is 7.85. The molecule has 1 fully saturated rings. The molecule has 1 N–H and O–H groups in total. The van der Waals surface area contributed by atoms with Gasteiger partial charge in [0.05, 0.1) is 17.3 Å². The summed E-state index contributed by atoms with van der Waals surface area (Å²) in [7, 11) is 3.87. The maximum atomic E-state index is 5.73. The summed E-state index contributed by atoms with van der Waals surface area (Å²) in [6, 6.07) is 2.46. The minimum Gasteiger partial charge on any atom is -0.378 e. The predicted octanol–water partition coefficient (Wildman–Crippen LogP) is 2.51. The molecule has 0 aliphatic heterocycles. The van der Waals surface area contributed by atoms with Gasteiger partial charge in [0.1, 0.15) is 0 Å². The van der Waals surface area contributed by atoms with Gasteiger partial charge >= 0.3 is 0 Å². The van der Waals surface area contributed by atoms with Gasteiger partial charge in [0, 0.05) is 19.9 Å². The minimum absolute atomic E-state index is 0.0923. The van der Waals surface area contributed by atoms with Gasteiger partial charge < -0.3 is 10.1 Å². The van der Waals surface area contributed by atoms with Crippen molar-refractivity contribution < 1.29 is 4.74 Å². The lowest BCUT2D eigenvalue weighted by atomic mass is 9.75. The Hall–Kier alpha value is -0.870. The molecule has 4 heteroatoms. The number of hydrogen-bond acceptors (Lipinski definition) is 3. The van der Waals surface area contributed by atoms with E-state index in [1.165, 1.54) is 25.0 Å². The highest BCUT2D eigenvalue weighted by Gasteiger charge is 2.39. The van der Waals surface area contributed by atoms with Crippen LogP contribution in [0.5, 0.6) is 0 Å². The van der Waals surface area contributed by atoms with E-state index in [4.69, 9.17) is 4.74 Å². The molecule has 2 rings (SSSR count). The molecule has 102 valence electrons. The molecule has 1 aromatic rings. The normalized spacial score (nSPS) is 19.5. The third kappa shape index (κ3) is 2.59. The average molecular weight is 251 g/mol. The lowest BCUT2D eigenvalue weighted by molar-refractivity contribution is -0.0838. The third-order valence-corrected chi connectivity index (χ3v) is 4.16. The highest BCUT2D eigenvalue weighted by molar-refractivity contribution is 5.09. The van der Waals surface area contributed by atoms with E-state index in [1.807, 2.05) is 20.4 Å². The summed E-state index contributed by atoms with van der Waals surface area (Å²) in [4.78, 5) is 0. The zero-order valence-corrected chi connectivity index (χ0v) is 11.8. The van der Waals surface area contributed by atoms with Gasteiger partial charge in [-0.1, -0.05) is 6.92 Å². The fraction of sp³-hybridized carbons (Fsp3) is 0.786. The number of nitrogens with zero attached hydrogens (tertiary/aromatic N) is 2. The number of aromatic nitrogens is 2. The molecule has 1 aliphatic rings. The maximum absolute atomic E-state index is 5.73. The second-order valence-corrected chi connectivity index (χ2v) is 5.27. The van der Waals surface area contributed by atoms with Crippen molar-refractivity contribution in [2.45, 2.75) is 57.2 Å². The number of aryl methyl sites for hydroxylation is 1. The van der Waals surface area contributed by atoms with E-state index < -0.39 is 0 Å². The van der Waals surface area contributed by atoms with Crippen LogP contribution in [0.4, 0.5) is 0 Å². The van der Waals surface area contributed by atoms with Crippen molar-refractivity contribution in [1.82, 2.24) is 15.1 Å². The smallest absolute Gasteiger partial charge is 0.0697 e.